The van der Waals surface area contributed by atoms with Gasteiger partial charge >= 0.3 is 5.97 Å². The van der Waals surface area contributed by atoms with Crippen molar-refractivity contribution in [3.63, 3.8) is 0 Å². The summed E-state index contributed by atoms with van der Waals surface area (Å²) in [5.74, 6) is -0.880. The van der Waals surface area contributed by atoms with E-state index in [1.807, 2.05) is 32.9 Å². The molecule has 2 rings (SSSR count). The predicted molar refractivity (Wildman–Crippen MR) is 78.3 cm³/mol. The molecule has 0 aliphatic rings. The molecule has 0 aliphatic heterocycles. The normalized spacial score (nSPS) is 10.5. The predicted octanol–water partition coefficient (Wildman–Crippen LogP) is 4.03. The van der Waals surface area contributed by atoms with Crippen LogP contribution in [0.1, 0.15) is 32.6 Å². The second-order valence-electron chi connectivity index (χ2n) is 5.10. The third-order valence-corrected chi connectivity index (χ3v) is 3.44. The highest BCUT2D eigenvalue weighted by Gasteiger charge is 2.12. The van der Waals surface area contributed by atoms with Crippen molar-refractivity contribution in [1.82, 2.24) is 0 Å². The fourth-order valence-electron chi connectivity index (χ4n) is 2.20. The summed E-state index contributed by atoms with van der Waals surface area (Å²) in [7, 11) is 0. The number of rotatable bonds is 4. The molecule has 3 nitrogen and oxygen atoms in total. The number of carboxylic acid groups (broad SMARTS) is 1. The van der Waals surface area contributed by atoms with Crippen molar-refractivity contribution in [2.24, 2.45) is 0 Å². The lowest BCUT2D eigenvalue weighted by molar-refractivity contribution is 0.0694. The quantitative estimate of drug-likeness (QED) is 0.924. The summed E-state index contributed by atoms with van der Waals surface area (Å²) in [6, 6.07) is 7.52. The molecule has 0 bridgehead atoms. The highest BCUT2D eigenvalue weighted by Crippen LogP contribution is 2.25. The molecular weight excluding hydrogens is 271 g/mol. The summed E-state index contributed by atoms with van der Waals surface area (Å²) in [5.41, 5.74) is 3.53. The van der Waals surface area contributed by atoms with Crippen LogP contribution < -0.4 is 4.74 Å². The Kier molecular flexibility index (Phi) is 4.26. The lowest BCUT2D eigenvalue weighted by atomic mass is 10.1. The SMILES string of the molecule is Cc1cc(C)c(C)c(OCc2cc(F)ccc2C(=O)O)c1. The number of ether oxygens (including phenoxy) is 1. The van der Waals surface area contributed by atoms with Crippen LogP contribution in [0.4, 0.5) is 4.39 Å². The summed E-state index contributed by atoms with van der Waals surface area (Å²) >= 11 is 0. The monoisotopic (exact) mass is 288 g/mol. The molecule has 2 aromatic carbocycles. The zero-order valence-corrected chi connectivity index (χ0v) is 12.2. The van der Waals surface area contributed by atoms with Crippen LogP contribution in [-0.2, 0) is 6.61 Å². The van der Waals surface area contributed by atoms with E-state index in [0.29, 0.717) is 11.3 Å². The van der Waals surface area contributed by atoms with Crippen LogP contribution in [0.5, 0.6) is 5.75 Å². The molecule has 0 saturated carbocycles. The Morgan fingerprint density at radius 1 is 1.19 bits per heavy atom. The van der Waals surface area contributed by atoms with Crippen molar-refractivity contribution >= 4 is 5.97 Å². The molecule has 1 N–H and O–H groups in total. The van der Waals surface area contributed by atoms with Crippen LogP contribution in [0, 0.1) is 26.6 Å². The van der Waals surface area contributed by atoms with Crippen molar-refractivity contribution in [2.75, 3.05) is 0 Å². The molecule has 0 atom stereocenters. The summed E-state index contributed by atoms with van der Waals surface area (Å²) in [4.78, 5) is 11.1. The minimum absolute atomic E-state index is 0.0170. The van der Waals surface area contributed by atoms with Gasteiger partial charge in [0.25, 0.3) is 0 Å². The Labute approximate surface area is 123 Å². The van der Waals surface area contributed by atoms with E-state index >= 15 is 0 Å². The highest BCUT2D eigenvalue weighted by atomic mass is 19.1. The van der Waals surface area contributed by atoms with E-state index in [9.17, 15) is 9.18 Å². The second kappa shape index (κ2) is 5.95. The van der Waals surface area contributed by atoms with Crippen LogP contribution in [-0.4, -0.2) is 11.1 Å². The molecule has 0 aromatic heterocycles. The molecule has 0 amide bonds. The van der Waals surface area contributed by atoms with Crippen molar-refractivity contribution in [1.29, 1.82) is 0 Å². The van der Waals surface area contributed by atoms with Gasteiger partial charge < -0.3 is 9.84 Å². The minimum Gasteiger partial charge on any atom is -0.489 e. The smallest absolute Gasteiger partial charge is 0.336 e. The number of carboxylic acids is 1. The standard InChI is InChI=1S/C17H17FO3/c1-10-6-11(2)12(3)16(7-10)21-9-13-8-14(18)4-5-15(13)17(19)20/h4-8H,9H2,1-3H3,(H,19,20). The number of aryl methyl sites for hydroxylation is 2. The molecule has 0 heterocycles. The maximum atomic E-state index is 13.3. The molecule has 110 valence electrons. The van der Waals surface area contributed by atoms with E-state index < -0.39 is 11.8 Å². The van der Waals surface area contributed by atoms with Gasteiger partial charge in [0, 0.05) is 5.56 Å². The largest absolute Gasteiger partial charge is 0.489 e. The zero-order chi connectivity index (χ0) is 15.6. The Morgan fingerprint density at radius 2 is 1.90 bits per heavy atom. The van der Waals surface area contributed by atoms with Crippen molar-refractivity contribution in [2.45, 2.75) is 27.4 Å². The lowest BCUT2D eigenvalue weighted by Gasteiger charge is -2.13. The van der Waals surface area contributed by atoms with Crippen LogP contribution in [0.15, 0.2) is 30.3 Å². The molecule has 0 radical (unpaired) electrons. The van der Waals surface area contributed by atoms with E-state index in [-0.39, 0.29) is 12.2 Å². The summed E-state index contributed by atoms with van der Waals surface area (Å²) in [5, 5.41) is 9.12. The maximum absolute atomic E-state index is 13.3. The van der Waals surface area contributed by atoms with Gasteiger partial charge in [-0.25, -0.2) is 9.18 Å². The third kappa shape index (κ3) is 3.40. The van der Waals surface area contributed by atoms with Gasteiger partial charge in [0.15, 0.2) is 0 Å². The Morgan fingerprint density at radius 3 is 2.57 bits per heavy atom. The molecule has 0 saturated heterocycles. The molecule has 0 spiro atoms. The molecule has 4 heteroatoms. The first-order chi connectivity index (χ1) is 9.88. The Hall–Kier alpha value is -2.36. The van der Waals surface area contributed by atoms with E-state index in [4.69, 9.17) is 9.84 Å². The van der Waals surface area contributed by atoms with E-state index in [1.54, 1.807) is 0 Å². The first-order valence-electron chi connectivity index (χ1n) is 6.61. The topological polar surface area (TPSA) is 46.5 Å². The molecule has 21 heavy (non-hydrogen) atoms. The number of aromatic carboxylic acids is 1. The lowest BCUT2D eigenvalue weighted by Crippen LogP contribution is -2.07. The summed E-state index contributed by atoms with van der Waals surface area (Å²) < 4.78 is 19.0. The number of benzene rings is 2. The molecule has 2 aromatic rings. The van der Waals surface area contributed by atoms with Gasteiger partial charge in [-0.3, -0.25) is 0 Å². The van der Waals surface area contributed by atoms with Crippen LogP contribution in [0.2, 0.25) is 0 Å². The number of hydrogen-bond donors (Lipinski definition) is 1. The van der Waals surface area contributed by atoms with Gasteiger partial charge in [-0.1, -0.05) is 6.07 Å². The van der Waals surface area contributed by atoms with Gasteiger partial charge in [0.05, 0.1) is 5.56 Å². The molecular formula is C17H17FO3. The number of hydrogen-bond acceptors (Lipinski definition) is 2. The van der Waals surface area contributed by atoms with Crippen molar-refractivity contribution < 1.29 is 19.0 Å². The third-order valence-electron chi connectivity index (χ3n) is 3.44. The van der Waals surface area contributed by atoms with Crippen molar-refractivity contribution in [3.8, 4) is 5.75 Å². The fourth-order valence-corrected chi connectivity index (χ4v) is 2.20. The van der Waals surface area contributed by atoms with Gasteiger partial charge in [0.2, 0.25) is 0 Å². The molecule has 0 fully saturated rings. The van der Waals surface area contributed by atoms with E-state index in [2.05, 4.69) is 0 Å². The van der Waals surface area contributed by atoms with E-state index in [1.165, 1.54) is 12.1 Å². The first-order valence-corrected chi connectivity index (χ1v) is 6.61. The van der Waals surface area contributed by atoms with Crippen LogP contribution in [0.3, 0.4) is 0 Å². The highest BCUT2D eigenvalue weighted by molar-refractivity contribution is 5.89. The number of halogens is 1. The van der Waals surface area contributed by atoms with Crippen LogP contribution in [0.25, 0.3) is 0 Å². The van der Waals surface area contributed by atoms with Gasteiger partial charge in [-0.15, -0.1) is 0 Å². The maximum Gasteiger partial charge on any atom is 0.336 e. The van der Waals surface area contributed by atoms with Gasteiger partial charge in [-0.2, -0.15) is 0 Å². The second-order valence-corrected chi connectivity index (χ2v) is 5.10. The molecule has 0 aliphatic carbocycles. The van der Waals surface area contributed by atoms with Gasteiger partial charge in [0.1, 0.15) is 18.2 Å². The Balaban J connectivity index is 2.28. The zero-order valence-electron chi connectivity index (χ0n) is 12.2. The first kappa shape index (κ1) is 15.0. The van der Waals surface area contributed by atoms with Crippen LogP contribution >= 0.6 is 0 Å². The fraction of sp³-hybridized carbons (Fsp3) is 0.235. The van der Waals surface area contributed by atoms with Gasteiger partial charge in [-0.05, 0) is 61.7 Å². The van der Waals surface area contributed by atoms with Crippen molar-refractivity contribution in [3.05, 3.63) is 64.0 Å². The van der Waals surface area contributed by atoms with E-state index in [0.717, 1.165) is 22.8 Å². The summed E-state index contributed by atoms with van der Waals surface area (Å²) in [6.07, 6.45) is 0. The summed E-state index contributed by atoms with van der Waals surface area (Å²) in [6.45, 7) is 5.90. The Bertz CT molecular complexity index is 693. The number of carbonyl (C=O) groups is 1. The average molecular weight is 288 g/mol. The minimum atomic E-state index is -1.09. The molecule has 0 unspecified atom stereocenters. The average Bonchev–Trinajstić information content (AvgIpc) is 2.40.